The van der Waals surface area contributed by atoms with Crippen molar-refractivity contribution in [3.63, 3.8) is 0 Å². The lowest BCUT2D eigenvalue weighted by molar-refractivity contribution is 0.102. The molecule has 1 aliphatic heterocycles. The molecule has 2 N–H and O–H groups in total. The first-order valence-electron chi connectivity index (χ1n) is 7.56. The fourth-order valence-electron chi connectivity index (χ4n) is 2.44. The number of hydrogen-bond acceptors (Lipinski definition) is 7. The first-order valence-corrected chi connectivity index (χ1v) is 9.38. The van der Waals surface area contributed by atoms with Crippen molar-refractivity contribution in [2.45, 2.75) is 12.5 Å². The van der Waals surface area contributed by atoms with Gasteiger partial charge in [0.2, 0.25) is 5.95 Å². The predicted molar refractivity (Wildman–Crippen MR) is 91.8 cm³/mol. The molecule has 9 heteroatoms. The molecule has 1 unspecified atom stereocenters. The molecule has 0 bridgehead atoms. The van der Waals surface area contributed by atoms with Crippen LogP contribution in [-0.2, 0) is 9.84 Å². The fraction of sp³-hybridized carbons (Fsp3) is 0.250. The van der Waals surface area contributed by atoms with Crippen LogP contribution in [-0.4, -0.2) is 41.8 Å². The Hall–Kier alpha value is -2.99. The molecule has 1 atom stereocenters. The maximum Gasteiger partial charge on any atom is 0.258 e. The maximum absolute atomic E-state index is 12.2. The summed E-state index contributed by atoms with van der Waals surface area (Å²) in [5, 5.41) is 14.4. The number of benzene rings is 1. The second kappa shape index (κ2) is 6.86. The van der Waals surface area contributed by atoms with Gasteiger partial charge in [-0.15, -0.1) is 0 Å². The molecule has 8 nitrogen and oxygen atoms in total. The molecule has 1 saturated heterocycles. The summed E-state index contributed by atoms with van der Waals surface area (Å²) in [5.41, 5.74) is 1.34. The van der Waals surface area contributed by atoms with E-state index < -0.39 is 9.84 Å². The number of nitrogens with zero attached hydrogens (tertiary/aromatic N) is 3. The summed E-state index contributed by atoms with van der Waals surface area (Å²) in [5.74, 6) is 0.143. The van der Waals surface area contributed by atoms with Gasteiger partial charge >= 0.3 is 0 Å². The van der Waals surface area contributed by atoms with Gasteiger partial charge in [0, 0.05) is 24.1 Å². The number of nitrogens with one attached hydrogen (secondary N) is 2. The summed E-state index contributed by atoms with van der Waals surface area (Å²) in [4.78, 5) is 20.3. The Morgan fingerprint density at radius 3 is 2.44 bits per heavy atom. The number of nitriles is 1. The highest BCUT2D eigenvalue weighted by atomic mass is 32.2. The quantitative estimate of drug-likeness (QED) is 0.842. The number of anilines is 2. The number of carbonyl (C=O) groups excluding carboxylic acids is 1. The van der Waals surface area contributed by atoms with Gasteiger partial charge in [-0.05, 0) is 30.7 Å². The number of sulfone groups is 1. The second-order valence-corrected chi connectivity index (χ2v) is 7.91. The molecule has 1 aliphatic rings. The molecule has 0 aliphatic carbocycles. The van der Waals surface area contributed by atoms with Crippen LogP contribution in [0.25, 0.3) is 0 Å². The summed E-state index contributed by atoms with van der Waals surface area (Å²) < 4.78 is 22.9. The molecule has 25 heavy (non-hydrogen) atoms. The molecule has 2 aromatic rings. The summed E-state index contributed by atoms with van der Waals surface area (Å²) >= 11 is 0. The van der Waals surface area contributed by atoms with E-state index >= 15 is 0 Å². The van der Waals surface area contributed by atoms with Gasteiger partial charge in [-0.25, -0.2) is 18.4 Å². The van der Waals surface area contributed by atoms with Gasteiger partial charge in [-0.1, -0.05) is 0 Å². The minimum atomic E-state index is -2.98. The van der Waals surface area contributed by atoms with E-state index in [1.54, 1.807) is 24.3 Å². The van der Waals surface area contributed by atoms with Gasteiger partial charge in [0.15, 0.2) is 9.84 Å². The minimum Gasteiger partial charge on any atom is -0.350 e. The topological polar surface area (TPSA) is 125 Å². The molecule has 3 rings (SSSR count). The zero-order chi connectivity index (χ0) is 17.9. The average molecular weight is 357 g/mol. The van der Waals surface area contributed by atoms with Crippen LogP contribution in [0.2, 0.25) is 0 Å². The van der Waals surface area contributed by atoms with E-state index in [4.69, 9.17) is 5.26 Å². The summed E-state index contributed by atoms with van der Waals surface area (Å²) in [6.45, 7) is 0. The zero-order valence-electron chi connectivity index (χ0n) is 13.1. The number of amides is 1. The van der Waals surface area contributed by atoms with Crippen LogP contribution in [0.15, 0.2) is 36.7 Å². The van der Waals surface area contributed by atoms with Gasteiger partial charge in [0.1, 0.15) is 0 Å². The third-order valence-electron chi connectivity index (χ3n) is 3.75. The average Bonchev–Trinajstić information content (AvgIpc) is 2.94. The molecular weight excluding hydrogens is 342 g/mol. The van der Waals surface area contributed by atoms with Crippen molar-refractivity contribution < 1.29 is 13.2 Å². The van der Waals surface area contributed by atoms with E-state index in [1.807, 2.05) is 6.07 Å². The Bertz CT molecular complexity index is 918. The molecule has 2 heterocycles. The van der Waals surface area contributed by atoms with Gasteiger partial charge in [0.05, 0.1) is 28.7 Å². The van der Waals surface area contributed by atoms with Crippen molar-refractivity contribution >= 4 is 27.4 Å². The minimum absolute atomic E-state index is 0.0668. The van der Waals surface area contributed by atoms with Crippen LogP contribution < -0.4 is 10.6 Å². The molecule has 1 aromatic carbocycles. The largest absolute Gasteiger partial charge is 0.350 e. The monoisotopic (exact) mass is 357 g/mol. The molecule has 1 fully saturated rings. The lowest BCUT2D eigenvalue weighted by atomic mass is 10.2. The Labute approximate surface area is 144 Å². The number of aromatic nitrogens is 2. The number of rotatable bonds is 4. The molecule has 1 aromatic heterocycles. The predicted octanol–water partition coefficient (Wildman–Crippen LogP) is 1.20. The summed E-state index contributed by atoms with van der Waals surface area (Å²) in [6.07, 6.45) is 3.27. The van der Waals surface area contributed by atoms with E-state index in [1.165, 1.54) is 12.4 Å². The van der Waals surface area contributed by atoms with Gasteiger partial charge < -0.3 is 10.6 Å². The van der Waals surface area contributed by atoms with Gasteiger partial charge in [-0.2, -0.15) is 5.26 Å². The van der Waals surface area contributed by atoms with E-state index in [-0.39, 0.29) is 35.0 Å². The lowest BCUT2D eigenvalue weighted by Crippen LogP contribution is -2.22. The van der Waals surface area contributed by atoms with Gasteiger partial charge in [-0.3, -0.25) is 4.79 Å². The van der Waals surface area contributed by atoms with Crippen LogP contribution in [0.1, 0.15) is 22.3 Å². The zero-order valence-corrected chi connectivity index (χ0v) is 14.0. The third-order valence-corrected chi connectivity index (χ3v) is 5.52. The van der Waals surface area contributed by atoms with Crippen LogP contribution in [0.4, 0.5) is 11.6 Å². The molecular formula is C16H15N5O3S. The van der Waals surface area contributed by atoms with Crippen LogP contribution >= 0.6 is 0 Å². The Balaban J connectivity index is 1.61. The van der Waals surface area contributed by atoms with E-state index in [9.17, 15) is 13.2 Å². The maximum atomic E-state index is 12.2. The molecule has 0 spiro atoms. The highest BCUT2D eigenvalue weighted by Crippen LogP contribution is 2.15. The standard InChI is InChI=1S/C16H15N5O3S/c17-7-11-1-3-13(4-2-11)20-15(22)12-8-18-16(19-9-12)21-14-5-6-25(23,24)10-14/h1-4,8-9,14H,5-6,10H2,(H,20,22)(H,18,19,21). The lowest BCUT2D eigenvalue weighted by Gasteiger charge is -2.10. The smallest absolute Gasteiger partial charge is 0.258 e. The third kappa shape index (κ3) is 4.30. The molecule has 0 saturated carbocycles. The normalized spacial score (nSPS) is 18.3. The van der Waals surface area contributed by atoms with Crippen molar-refractivity contribution in [1.29, 1.82) is 5.26 Å². The first kappa shape index (κ1) is 16.9. The van der Waals surface area contributed by atoms with Gasteiger partial charge in [0.25, 0.3) is 5.91 Å². The Morgan fingerprint density at radius 2 is 1.88 bits per heavy atom. The van der Waals surface area contributed by atoms with E-state index in [0.717, 1.165) is 0 Å². The summed E-state index contributed by atoms with van der Waals surface area (Å²) in [7, 11) is -2.98. The van der Waals surface area contributed by atoms with Crippen molar-refractivity contribution in [2.75, 3.05) is 22.1 Å². The molecule has 128 valence electrons. The van der Waals surface area contributed by atoms with E-state index in [0.29, 0.717) is 17.7 Å². The second-order valence-electron chi connectivity index (χ2n) is 5.68. The van der Waals surface area contributed by atoms with Crippen LogP contribution in [0, 0.1) is 11.3 Å². The Morgan fingerprint density at radius 1 is 1.20 bits per heavy atom. The first-order chi connectivity index (χ1) is 11.9. The highest BCUT2D eigenvalue weighted by Gasteiger charge is 2.28. The summed E-state index contributed by atoms with van der Waals surface area (Å²) in [6, 6.07) is 8.27. The van der Waals surface area contributed by atoms with Crippen molar-refractivity contribution in [1.82, 2.24) is 9.97 Å². The fourth-order valence-corrected chi connectivity index (χ4v) is 4.12. The SMILES string of the molecule is N#Cc1ccc(NC(=O)c2cnc(NC3CCS(=O)(=O)C3)nc2)cc1. The number of hydrogen-bond donors (Lipinski definition) is 2. The van der Waals surface area contributed by atoms with Crippen LogP contribution in [0.3, 0.4) is 0 Å². The van der Waals surface area contributed by atoms with Crippen LogP contribution in [0.5, 0.6) is 0 Å². The molecule has 0 radical (unpaired) electrons. The molecule has 1 amide bonds. The van der Waals surface area contributed by atoms with Crippen molar-refractivity contribution in [3.8, 4) is 6.07 Å². The van der Waals surface area contributed by atoms with Crippen molar-refractivity contribution in [2.24, 2.45) is 0 Å². The van der Waals surface area contributed by atoms with Crippen molar-refractivity contribution in [3.05, 3.63) is 47.8 Å². The van der Waals surface area contributed by atoms with E-state index in [2.05, 4.69) is 20.6 Å². The number of carbonyl (C=O) groups is 1. The Kier molecular flexibility index (Phi) is 4.63. The highest BCUT2D eigenvalue weighted by molar-refractivity contribution is 7.91.